The van der Waals surface area contributed by atoms with Crippen LogP contribution in [0.3, 0.4) is 0 Å². The molecular formula is C23H20N8. The van der Waals surface area contributed by atoms with E-state index in [1.54, 1.807) is 18.7 Å². The first-order valence-corrected chi connectivity index (χ1v) is 9.93. The molecule has 0 saturated carbocycles. The molecule has 2 aromatic carbocycles. The molecule has 0 radical (unpaired) electrons. The van der Waals surface area contributed by atoms with Crippen molar-refractivity contribution >= 4 is 22.9 Å². The van der Waals surface area contributed by atoms with E-state index >= 15 is 0 Å². The number of nitrogens with two attached hydrogens (primary N) is 1. The zero-order valence-corrected chi connectivity index (χ0v) is 16.7. The molecule has 152 valence electrons. The van der Waals surface area contributed by atoms with Gasteiger partial charge >= 0.3 is 0 Å². The third-order valence-corrected chi connectivity index (χ3v) is 4.94. The van der Waals surface area contributed by atoms with Crippen LogP contribution in [0.1, 0.15) is 5.56 Å². The first-order chi connectivity index (χ1) is 15.3. The number of hydrogen-bond donors (Lipinski definition) is 2. The Morgan fingerprint density at radius 1 is 0.871 bits per heavy atom. The maximum absolute atomic E-state index is 5.71. The van der Waals surface area contributed by atoms with Gasteiger partial charge in [0.2, 0.25) is 11.9 Å². The average Bonchev–Trinajstić information content (AvgIpc) is 3.23. The highest BCUT2D eigenvalue weighted by atomic mass is 15.2. The Bertz CT molecular complexity index is 1330. The second-order valence-electron chi connectivity index (χ2n) is 7.02. The van der Waals surface area contributed by atoms with Crippen molar-refractivity contribution in [1.82, 2.24) is 29.5 Å². The lowest BCUT2D eigenvalue weighted by molar-refractivity contribution is 0.953. The Labute approximate surface area is 178 Å². The van der Waals surface area contributed by atoms with Crippen molar-refractivity contribution in [3.63, 3.8) is 0 Å². The Kier molecular flexibility index (Phi) is 4.94. The molecule has 0 atom stereocenters. The Morgan fingerprint density at radius 2 is 1.74 bits per heavy atom. The van der Waals surface area contributed by atoms with E-state index in [1.165, 1.54) is 5.56 Å². The van der Waals surface area contributed by atoms with E-state index in [9.17, 15) is 0 Å². The van der Waals surface area contributed by atoms with Gasteiger partial charge in [-0.2, -0.15) is 4.98 Å². The quantitative estimate of drug-likeness (QED) is 0.443. The summed E-state index contributed by atoms with van der Waals surface area (Å²) in [5.41, 5.74) is 10.5. The zero-order chi connectivity index (χ0) is 21.0. The van der Waals surface area contributed by atoms with Gasteiger partial charge in [0.25, 0.3) is 0 Å². The monoisotopic (exact) mass is 408 g/mol. The highest BCUT2D eigenvalue weighted by molar-refractivity contribution is 5.82. The van der Waals surface area contributed by atoms with Gasteiger partial charge in [-0.1, -0.05) is 36.4 Å². The largest absolute Gasteiger partial charge is 0.368 e. The highest BCUT2D eigenvalue weighted by Gasteiger charge is 2.09. The normalized spacial score (nSPS) is 11.0. The molecule has 8 heteroatoms. The molecule has 3 heterocycles. The first-order valence-electron chi connectivity index (χ1n) is 9.93. The predicted molar refractivity (Wildman–Crippen MR) is 121 cm³/mol. The number of imidazole rings is 1. The number of anilines is 2. The second kappa shape index (κ2) is 8.19. The SMILES string of the molecule is Nc1nccc(-c2ccc3c(c2)ncn3-c2ccnc(NCCc3ccccc3)n2)n1. The number of aromatic nitrogens is 6. The number of nitrogens with zero attached hydrogens (tertiary/aromatic N) is 6. The first kappa shape index (κ1) is 18.7. The van der Waals surface area contributed by atoms with Crippen molar-refractivity contribution < 1.29 is 0 Å². The van der Waals surface area contributed by atoms with E-state index in [1.807, 2.05) is 53.1 Å². The smallest absolute Gasteiger partial charge is 0.224 e. The molecule has 0 amide bonds. The van der Waals surface area contributed by atoms with E-state index in [2.05, 4.69) is 42.4 Å². The summed E-state index contributed by atoms with van der Waals surface area (Å²) < 4.78 is 1.94. The van der Waals surface area contributed by atoms with Gasteiger partial charge in [-0.25, -0.2) is 19.9 Å². The second-order valence-corrected chi connectivity index (χ2v) is 7.02. The van der Waals surface area contributed by atoms with Crippen LogP contribution in [0.2, 0.25) is 0 Å². The van der Waals surface area contributed by atoms with Crippen molar-refractivity contribution in [2.45, 2.75) is 6.42 Å². The number of rotatable bonds is 6. The highest BCUT2D eigenvalue weighted by Crippen LogP contribution is 2.24. The van der Waals surface area contributed by atoms with E-state index in [-0.39, 0.29) is 5.95 Å². The summed E-state index contributed by atoms with van der Waals surface area (Å²) in [7, 11) is 0. The number of benzene rings is 2. The summed E-state index contributed by atoms with van der Waals surface area (Å²) in [5.74, 6) is 1.58. The van der Waals surface area contributed by atoms with Crippen molar-refractivity contribution in [3.8, 4) is 17.1 Å². The zero-order valence-electron chi connectivity index (χ0n) is 16.7. The van der Waals surface area contributed by atoms with Gasteiger partial charge < -0.3 is 11.1 Å². The average molecular weight is 408 g/mol. The van der Waals surface area contributed by atoms with Gasteiger partial charge in [0, 0.05) is 24.5 Å². The van der Waals surface area contributed by atoms with Crippen LogP contribution in [0.4, 0.5) is 11.9 Å². The summed E-state index contributed by atoms with van der Waals surface area (Å²) in [6, 6.07) is 20.0. The minimum Gasteiger partial charge on any atom is -0.368 e. The minimum atomic E-state index is 0.247. The third-order valence-electron chi connectivity index (χ3n) is 4.94. The molecule has 0 bridgehead atoms. The minimum absolute atomic E-state index is 0.247. The van der Waals surface area contributed by atoms with Crippen LogP contribution < -0.4 is 11.1 Å². The molecule has 0 aliphatic heterocycles. The Hall–Kier alpha value is -4.33. The molecule has 3 N–H and O–H groups in total. The number of fused-ring (bicyclic) bond motifs is 1. The lowest BCUT2D eigenvalue weighted by Gasteiger charge is -2.08. The predicted octanol–water partition coefficient (Wildman–Crippen LogP) is 3.51. The van der Waals surface area contributed by atoms with Crippen LogP contribution in [0.15, 0.2) is 79.4 Å². The number of hydrogen-bond acceptors (Lipinski definition) is 7. The number of nitrogens with one attached hydrogen (secondary N) is 1. The topological polar surface area (TPSA) is 107 Å². The van der Waals surface area contributed by atoms with Crippen LogP contribution in [-0.2, 0) is 6.42 Å². The molecule has 0 spiro atoms. The van der Waals surface area contributed by atoms with Crippen molar-refractivity contribution in [2.75, 3.05) is 17.6 Å². The molecule has 0 fully saturated rings. The Morgan fingerprint density at radius 3 is 2.61 bits per heavy atom. The molecule has 5 aromatic rings. The molecule has 0 unspecified atom stereocenters. The van der Waals surface area contributed by atoms with Crippen molar-refractivity contribution in [1.29, 1.82) is 0 Å². The number of nitrogen functional groups attached to an aromatic ring is 1. The van der Waals surface area contributed by atoms with E-state index in [4.69, 9.17) is 5.73 Å². The van der Waals surface area contributed by atoms with Gasteiger partial charge in [-0.05, 0) is 36.2 Å². The summed E-state index contributed by atoms with van der Waals surface area (Å²) in [6.45, 7) is 0.754. The third kappa shape index (κ3) is 4.04. The molecule has 31 heavy (non-hydrogen) atoms. The molecule has 3 aromatic heterocycles. The molecule has 0 aliphatic carbocycles. The van der Waals surface area contributed by atoms with Gasteiger partial charge in [0.1, 0.15) is 12.1 Å². The van der Waals surface area contributed by atoms with Crippen LogP contribution in [-0.4, -0.2) is 36.0 Å². The van der Waals surface area contributed by atoms with Crippen LogP contribution in [0.5, 0.6) is 0 Å². The van der Waals surface area contributed by atoms with E-state index < -0.39 is 0 Å². The van der Waals surface area contributed by atoms with Crippen LogP contribution >= 0.6 is 0 Å². The lowest BCUT2D eigenvalue weighted by atomic mass is 10.1. The van der Waals surface area contributed by atoms with Gasteiger partial charge in [0.05, 0.1) is 16.7 Å². The van der Waals surface area contributed by atoms with Gasteiger partial charge in [-0.3, -0.25) is 4.57 Å². The Balaban J connectivity index is 1.37. The van der Waals surface area contributed by atoms with Crippen LogP contribution in [0, 0.1) is 0 Å². The fourth-order valence-corrected chi connectivity index (χ4v) is 3.42. The lowest BCUT2D eigenvalue weighted by Crippen LogP contribution is -2.09. The summed E-state index contributed by atoms with van der Waals surface area (Å²) in [5, 5.41) is 3.30. The summed E-state index contributed by atoms with van der Waals surface area (Å²) >= 11 is 0. The maximum Gasteiger partial charge on any atom is 0.224 e. The van der Waals surface area contributed by atoms with Crippen molar-refractivity contribution in [2.24, 2.45) is 0 Å². The molecular weight excluding hydrogens is 388 g/mol. The van der Waals surface area contributed by atoms with E-state index in [0.29, 0.717) is 5.95 Å². The maximum atomic E-state index is 5.71. The fraction of sp³-hybridized carbons (Fsp3) is 0.0870. The fourth-order valence-electron chi connectivity index (χ4n) is 3.42. The van der Waals surface area contributed by atoms with E-state index in [0.717, 1.165) is 41.1 Å². The molecule has 5 rings (SSSR count). The standard InChI is InChI=1S/C23H20N8/c24-22-25-12-9-18(29-22)17-6-7-20-19(14-17)28-15-31(20)21-10-13-27-23(30-21)26-11-8-16-4-2-1-3-5-16/h1-7,9-10,12-15H,8,11H2,(H2,24,25,29)(H,26,27,30). The molecule has 0 aliphatic rings. The summed E-state index contributed by atoms with van der Waals surface area (Å²) in [6.07, 6.45) is 6.06. The van der Waals surface area contributed by atoms with Gasteiger partial charge in [0.15, 0.2) is 0 Å². The van der Waals surface area contributed by atoms with Crippen molar-refractivity contribution in [3.05, 3.63) is 84.9 Å². The molecule has 0 saturated heterocycles. The summed E-state index contributed by atoms with van der Waals surface area (Å²) in [4.78, 5) is 21.8. The molecule has 8 nitrogen and oxygen atoms in total. The van der Waals surface area contributed by atoms with Gasteiger partial charge in [-0.15, -0.1) is 0 Å². The van der Waals surface area contributed by atoms with Crippen LogP contribution in [0.25, 0.3) is 28.1 Å².